The standard InChI is InChI=1S/C22H34O4/c1-18(21-14-9-15-25-22(2,3)26-21)10-7-8-13-20(23)17-24-16-19-11-5-4-6-12-19/h4-8,11-12,18,20-21,23H,9-10,13-17H2,1-3H3/b8-7+/t18-,20-,21+/m1/s1. The molecule has 1 N–H and O–H groups in total. The van der Waals surface area contributed by atoms with Gasteiger partial charge in [0.1, 0.15) is 0 Å². The maximum atomic E-state index is 10.0. The van der Waals surface area contributed by atoms with E-state index >= 15 is 0 Å². The molecule has 4 heteroatoms. The van der Waals surface area contributed by atoms with E-state index < -0.39 is 11.9 Å². The monoisotopic (exact) mass is 362 g/mol. The molecule has 1 fully saturated rings. The topological polar surface area (TPSA) is 47.9 Å². The Balaban J connectivity index is 1.63. The van der Waals surface area contributed by atoms with Gasteiger partial charge in [-0.15, -0.1) is 0 Å². The molecule has 146 valence electrons. The number of aliphatic hydroxyl groups is 1. The fourth-order valence-electron chi connectivity index (χ4n) is 3.13. The minimum atomic E-state index is -0.495. The van der Waals surface area contributed by atoms with Crippen LogP contribution in [0.5, 0.6) is 0 Å². The molecular formula is C22H34O4. The van der Waals surface area contributed by atoms with Gasteiger partial charge >= 0.3 is 0 Å². The highest BCUT2D eigenvalue weighted by atomic mass is 16.7. The van der Waals surface area contributed by atoms with Crippen LogP contribution in [-0.4, -0.2) is 36.3 Å². The zero-order valence-electron chi connectivity index (χ0n) is 16.4. The molecule has 0 saturated carbocycles. The van der Waals surface area contributed by atoms with Crippen LogP contribution in [0.1, 0.15) is 52.0 Å². The summed E-state index contributed by atoms with van der Waals surface area (Å²) in [6.45, 7) is 7.85. The minimum absolute atomic E-state index is 0.219. The molecule has 0 bridgehead atoms. The van der Waals surface area contributed by atoms with Crippen molar-refractivity contribution in [3.8, 4) is 0 Å². The Kier molecular flexibility index (Phi) is 8.79. The van der Waals surface area contributed by atoms with Crippen molar-refractivity contribution in [2.75, 3.05) is 13.2 Å². The quantitative estimate of drug-likeness (QED) is 0.659. The van der Waals surface area contributed by atoms with Gasteiger partial charge < -0.3 is 19.3 Å². The molecule has 0 spiro atoms. The summed E-state index contributed by atoms with van der Waals surface area (Å²) in [5, 5.41) is 10.0. The van der Waals surface area contributed by atoms with Gasteiger partial charge in [-0.05, 0) is 51.0 Å². The van der Waals surface area contributed by atoms with Crippen LogP contribution in [-0.2, 0) is 20.8 Å². The summed E-state index contributed by atoms with van der Waals surface area (Å²) in [6, 6.07) is 10.0. The SMILES string of the molecule is C[C@H](C/C=C/C[C@@H](O)COCc1ccccc1)[C@@H]1CCCOC(C)(C)O1. The molecule has 0 aromatic heterocycles. The minimum Gasteiger partial charge on any atom is -0.390 e. The third kappa shape index (κ3) is 8.00. The van der Waals surface area contributed by atoms with Gasteiger partial charge in [0, 0.05) is 0 Å². The van der Waals surface area contributed by atoms with E-state index in [-0.39, 0.29) is 6.10 Å². The lowest BCUT2D eigenvalue weighted by molar-refractivity contribution is -0.229. The number of hydrogen-bond acceptors (Lipinski definition) is 4. The van der Waals surface area contributed by atoms with Crippen molar-refractivity contribution in [2.45, 2.75) is 71.1 Å². The van der Waals surface area contributed by atoms with E-state index in [0.29, 0.717) is 25.6 Å². The van der Waals surface area contributed by atoms with E-state index in [2.05, 4.69) is 13.0 Å². The smallest absolute Gasteiger partial charge is 0.163 e. The molecule has 1 aromatic carbocycles. The fraction of sp³-hybridized carbons (Fsp3) is 0.636. The molecule has 2 rings (SSSR count). The first kappa shape index (κ1) is 21.1. The van der Waals surface area contributed by atoms with Gasteiger partial charge in [-0.3, -0.25) is 0 Å². The van der Waals surface area contributed by atoms with E-state index in [1.807, 2.05) is 50.3 Å². The average molecular weight is 363 g/mol. The Morgan fingerprint density at radius 2 is 1.96 bits per heavy atom. The van der Waals surface area contributed by atoms with E-state index in [4.69, 9.17) is 14.2 Å². The molecule has 1 aromatic rings. The molecule has 0 amide bonds. The van der Waals surface area contributed by atoms with Crippen LogP contribution in [0.2, 0.25) is 0 Å². The molecular weight excluding hydrogens is 328 g/mol. The first-order chi connectivity index (χ1) is 12.5. The Hall–Kier alpha value is -1.20. The van der Waals surface area contributed by atoms with Crippen molar-refractivity contribution in [3.63, 3.8) is 0 Å². The maximum absolute atomic E-state index is 10.0. The van der Waals surface area contributed by atoms with E-state index in [1.54, 1.807) is 0 Å². The summed E-state index contributed by atoms with van der Waals surface area (Å²) in [5.41, 5.74) is 1.12. The zero-order chi connectivity index (χ0) is 18.8. The van der Waals surface area contributed by atoms with Crippen molar-refractivity contribution in [1.82, 2.24) is 0 Å². The summed E-state index contributed by atoms with van der Waals surface area (Å²) in [5.74, 6) is -0.0653. The molecule has 1 heterocycles. The average Bonchev–Trinajstić information content (AvgIpc) is 2.80. The summed E-state index contributed by atoms with van der Waals surface area (Å²) in [7, 11) is 0. The van der Waals surface area contributed by atoms with Gasteiger partial charge in [-0.25, -0.2) is 0 Å². The van der Waals surface area contributed by atoms with Crippen molar-refractivity contribution < 1.29 is 19.3 Å². The van der Waals surface area contributed by atoms with Crippen molar-refractivity contribution in [1.29, 1.82) is 0 Å². The summed E-state index contributed by atoms with van der Waals surface area (Å²) in [6.07, 6.45) is 7.58. The Morgan fingerprint density at radius 3 is 2.73 bits per heavy atom. The maximum Gasteiger partial charge on any atom is 0.163 e. The van der Waals surface area contributed by atoms with Crippen LogP contribution in [0.15, 0.2) is 42.5 Å². The Labute approximate surface area is 158 Å². The first-order valence-corrected chi connectivity index (χ1v) is 9.73. The number of benzene rings is 1. The van der Waals surface area contributed by atoms with Gasteiger partial charge in [0.05, 0.1) is 32.0 Å². The summed E-state index contributed by atoms with van der Waals surface area (Å²) < 4.78 is 17.4. The third-order valence-corrected chi connectivity index (χ3v) is 4.66. The highest BCUT2D eigenvalue weighted by molar-refractivity contribution is 5.13. The van der Waals surface area contributed by atoms with Gasteiger partial charge in [0.25, 0.3) is 0 Å². The molecule has 1 aliphatic rings. The van der Waals surface area contributed by atoms with E-state index in [1.165, 1.54) is 0 Å². The lowest BCUT2D eigenvalue weighted by Gasteiger charge is -2.30. The van der Waals surface area contributed by atoms with Crippen molar-refractivity contribution in [2.24, 2.45) is 5.92 Å². The zero-order valence-corrected chi connectivity index (χ0v) is 16.4. The van der Waals surface area contributed by atoms with E-state index in [0.717, 1.165) is 31.4 Å². The van der Waals surface area contributed by atoms with Crippen molar-refractivity contribution in [3.05, 3.63) is 48.0 Å². The summed E-state index contributed by atoms with van der Waals surface area (Å²) >= 11 is 0. The first-order valence-electron chi connectivity index (χ1n) is 9.73. The normalized spacial score (nSPS) is 22.8. The van der Waals surface area contributed by atoms with Crippen LogP contribution in [0, 0.1) is 5.92 Å². The molecule has 26 heavy (non-hydrogen) atoms. The predicted octanol–water partition coefficient (Wildman–Crippen LogP) is 4.47. The van der Waals surface area contributed by atoms with Crippen LogP contribution in [0.25, 0.3) is 0 Å². The fourth-order valence-corrected chi connectivity index (χ4v) is 3.13. The van der Waals surface area contributed by atoms with Crippen LogP contribution >= 0.6 is 0 Å². The highest BCUT2D eigenvalue weighted by Gasteiger charge is 2.29. The molecule has 0 aliphatic carbocycles. The van der Waals surface area contributed by atoms with Crippen LogP contribution in [0.3, 0.4) is 0 Å². The number of rotatable bonds is 9. The second kappa shape index (κ2) is 10.8. The van der Waals surface area contributed by atoms with Gasteiger partial charge in [-0.1, -0.05) is 49.4 Å². The third-order valence-electron chi connectivity index (χ3n) is 4.66. The van der Waals surface area contributed by atoms with E-state index in [9.17, 15) is 5.11 Å². The largest absolute Gasteiger partial charge is 0.390 e. The number of aliphatic hydroxyl groups excluding tert-OH is 1. The molecule has 0 radical (unpaired) electrons. The highest BCUT2D eigenvalue weighted by Crippen LogP contribution is 2.27. The summed E-state index contributed by atoms with van der Waals surface area (Å²) in [4.78, 5) is 0. The Morgan fingerprint density at radius 1 is 1.23 bits per heavy atom. The second-order valence-corrected chi connectivity index (χ2v) is 7.62. The van der Waals surface area contributed by atoms with Gasteiger partial charge in [0.15, 0.2) is 5.79 Å². The second-order valence-electron chi connectivity index (χ2n) is 7.62. The van der Waals surface area contributed by atoms with Crippen LogP contribution in [0.4, 0.5) is 0 Å². The molecule has 3 atom stereocenters. The van der Waals surface area contributed by atoms with Gasteiger partial charge in [-0.2, -0.15) is 0 Å². The van der Waals surface area contributed by atoms with Gasteiger partial charge in [0.2, 0.25) is 0 Å². The lowest BCUT2D eigenvalue weighted by Crippen LogP contribution is -2.34. The molecule has 1 saturated heterocycles. The molecule has 1 aliphatic heterocycles. The number of hydrogen-bond donors (Lipinski definition) is 1. The molecule has 0 unspecified atom stereocenters. The lowest BCUT2D eigenvalue weighted by atomic mass is 9.96. The predicted molar refractivity (Wildman–Crippen MR) is 104 cm³/mol. The molecule has 4 nitrogen and oxygen atoms in total. The number of allylic oxidation sites excluding steroid dienone is 1. The van der Waals surface area contributed by atoms with Crippen LogP contribution < -0.4 is 0 Å². The number of ether oxygens (including phenoxy) is 3. The van der Waals surface area contributed by atoms with Crippen molar-refractivity contribution >= 4 is 0 Å². The Bertz CT molecular complexity index is 526.